The van der Waals surface area contributed by atoms with Crippen molar-refractivity contribution in [2.24, 2.45) is 0 Å². The molecular formula is C14H12BrF2N5O. The van der Waals surface area contributed by atoms with Gasteiger partial charge in [0.2, 0.25) is 0 Å². The van der Waals surface area contributed by atoms with Crippen LogP contribution in [0.5, 0.6) is 5.75 Å². The standard InChI is InChI=1S/C14H12BrF2N5O/c1-7-19-11(18)10-12(20-7)22(13(15)21-10)6-8-4-2-3-5-9(8)23-14(16)17/h2-5,14H,6H2,1H3,(H2,18,19,20). The third-order valence-electron chi connectivity index (χ3n) is 3.20. The van der Waals surface area contributed by atoms with E-state index in [-0.39, 0.29) is 18.1 Å². The topological polar surface area (TPSA) is 78.8 Å². The zero-order chi connectivity index (χ0) is 16.6. The van der Waals surface area contributed by atoms with Crippen LogP contribution in [0.15, 0.2) is 29.0 Å². The van der Waals surface area contributed by atoms with E-state index in [0.29, 0.717) is 27.3 Å². The Labute approximate surface area is 138 Å². The number of nitrogens with two attached hydrogens (primary N) is 1. The van der Waals surface area contributed by atoms with Gasteiger partial charge in [-0.05, 0) is 28.9 Å². The SMILES string of the molecule is Cc1nc(N)c2nc(Br)n(Cc3ccccc3OC(F)F)c2n1. The van der Waals surface area contributed by atoms with Crippen molar-refractivity contribution in [3.8, 4) is 5.75 Å². The number of hydrogen-bond acceptors (Lipinski definition) is 5. The molecular weight excluding hydrogens is 372 g/mol. The first-order valence-corrected chi connectivity index (χ1v) is 7.43. The second kappa shape index (κ2) is 6.07. The van der Waals surface area contributed by atoms with E-state index in [1.165, 1.54) is 6.07 Å². The molecule has 3 rings (SSSR count). The van der Waals surface area contributed by atoms with Gasteiger partial charge >= 0.3 is 6.61 Å². The Morgan fingerprint density at radius 2 is 2.00 bits per heavy atom. The number of anilines is 1. The Kier molecular flexibility index (Phi) is 4.12. The van der Waals surface area contributed by atoms with Gasteiger partial charge in [0.25, 0.3) is 0 Å². The fourth-order valence-electron chi connectivity index (χ4n) is 2.26. The number of imidazole rings is 1. The lowest BCUT2D eigenvalue weighted by Gasteiger charge is -2.12. The number of alkyl halides is 2. The summed E-state index contributed by atoms with van der Waals surface area (Å²) >= 11 is 3.34. The zero-order valence-electron chi connectivity index (χ0n) is 12.0. The molecule has 2 aromatic heterocycles. The minimum Gasteiger partial charge on any atom is -0.434 e. The van der Waals surface area contributed by atoms with E-state index in [2.05, 4.69) is 35.6 Å². The van der Waals surface area contributed by atoms with Crippen molar-refractivity contribution in [1.82, 2.24) is 19.5 Å². The number of hydrogen-bond donors (Lipinski definition) is 1. The molecule has 2 N–H and O–H groups in total. The summed E-state index contributed by atoms with van der Waals surface area (Å²) in [7, 11) is 0. The maximum absolute atomic E-state index is 12.5. The lowest BCUT2D eigenvalue weighted by molar-refractivity contribution is -0.0504. The first-order valence-electron chi connectivity index (χ1n) is 6.64. The molecule has 0 atom stereocenters. The van der Waals surface area contributed by atoms with Gasteiger partial charge in [0.05, 0.1) is 6.54 Å². The molecule has 0 aliphatic heterocycles. The molecule has 0 saturated heterocycles. The van der Waals surface area contributed by atoms with E-state index in [1.807, 2.05) is 0 Å². The molecule has 0 unspecified atom stereocenters. The lowest BCUT2D eigenvalue weighted by atomic mass is 10.2. The number of benzene rings is 1. The third kappa shape index (κ3) is 3.09. The molecule has 120 valence electrons. The maximum Gasteiger partial charge on any atom is 0.387 e. The molecule has 0 radical (unpaired) electrons. The predicted molar refractivity (Wildman–Crippen MR) is 84.3 cm³/mol. The average molecular weight is 384 g/mol. The Hall–Kier alpha value is -2.29. The second-order valence-corrected chi connectivity index (χ2v) is 5.49. The molecule has 3 aromatic rings. The third-order valence-corrected chi connectivity index (χ3v) is 3.81. The summed E-state index contributed by atoms with van der Waals surface area (Å²) in [4.78, 5) is 12.7. The maximum atomic E-state index is 12.5. The van der Waals surface area contributed by atoms with Gasteiger partial charge in [-0.1, -0.05) is 18.2 Å². The van der Waals surface area contributed by atoms with Gasteiger partial charge in [-0.25, -0.2) is 15.0 Å². The summed E-state index contributed by atoms with van der Waals surface area (Å²) in [5, 5.41) is 0. The summed E-state index contributed by atoms with van der Waals surface area (Å²) in [6, 6.07) is 6.57. The molecule has 0 amide bonds. The fraction of sp³-hybridized carbons (Fsp3) is 0.214. The number of para-hydroxylation sites is 1. The highest BCUT2D eigenvalue weighted by Crippen LogP contribution is 2.27. The van der Waals surface area contributed by atoms with Crippen molar-refractivity contribution >= 4 is 32.9 Å². The van der Waals surface area contributed by atoms with E-state index in [0.717, 1.165) is 0 Å². The molecule has 2 heterocycles. The van der Waals surface area contributed by atoms with Crippen molar-refractivity contribution in [1.29, 1.82) is 0 Å². The normalized spacial score (nSPS) is 11.3. The van der Waals surface area contributed by atoms with Crippen LogP contribution >= 0.6 is 15.9 Å². The Morgan fingerprint density at radius 1 is 1.26 bits per heavy atom. The Balaban J connectivity index is 2.07. The highest BCUT2D eigenvalue weighted by Gasteiger charge is 2.16. The molecule has 0 bridgehead atoms. The Bertz CT molecular complexity index is 868. The molecule has 23 heavy (non-hydrogen) atoms. The van der Waals surface area contributed by atoms with Crippen LogP contribution in [-0.2, 0) is 6.54 Å². The van der Waals surface area contributed by atoms with Crippen LogP contribution in [0.2, 0.25) is 0 Å². The number of aromatic nitrogens is 4. The highest BCUT2D eigenvalue weighted by atomic mass is 79.9. The number of fused-ring (bicyclic) bond motifs is 1. The molecule has 0 aliphatic rings. The number of ether oxygens (including phenoxy) is 1. The molecule has 0 fully saturated rings. The number of rotatable bonds is 4. The van der Waals surface area contributed by atoms with Crippen LogP contribution in [0.1, 0.15) is 11.4 Å². The van der Waals surface area contributed by atoms with E-state index in [4.69, 9.17) is 5.73 Å². The van der Waals surface area contributed by atoms with Crippen molar-refractivity contribution in [2.45, 2.75) is 20.1 Å². The van der Waals surface area contributed by atoms with Crippen molar-refractivity contribution < 1.29 is 13.5 Å². The Morgan fingerprint density at radius 3 is 2.74 bits per heavy atom. The van der Waals surface area contributed by atoms with E-state index >= 15 is 0 Å². The quantitative estimate of drug-likeness (QED) is 0.700. The summed E-state index contributed by atoms with van der Waals surface area (Å²) in [6.45, 7) is -0.926. The van der Waals surface area contributed by atoms with Crippen LogP contribution < -0.4 is 10.5 Å². The first-order chi connectivity index (χ1) is 11.0. The lowest BCUT2D eigenvalue weighted by Crippen LogP contribution is -2.08. The summed E-state index contributed by atoms with van der Waals surface area (Å²) in [5.41, 5.74) is 7.40. The van der Waals surface area contributed by atoms with E-state index in [1.54, 1.807) is 29.7 Å². The van der Waals surface area contributed by atoms with Gasteiger partial charge in [0.15, 0.2) is 21.7 Å². The van der Waals surface area contributed by atoms with Crippen LogP contribution in [0.4, 0.5) is 14.6 Å². The van der Waals surface area contributed by atoms with Crippen LogP contribution in [-0.4, -0.2) is 26.1 Å². The molecule has 0 saturated carbocycles. The van der Waals surface area contributed by atoms with Crippen molar-refractivity contribution in [3.05, 3.63) is 40.4 Å². The molecule has 0 aliphatic carbocycles. The fourth-order valence-corrected chi connectivity index (χ4v) is 2.74. The van der Waals surface area contributed by atoms with Crippen molar-refractivity contribution in [2.75, 3.05) is 5.73 Å². The van der Waals surface area contributed by atoms with Gasteiger partial charge in [0.1, 0.15) is 11.6 Å². The number of halogens is 3. The largest absolute Gasteiger partial charge is 0.434 e. The molecule has 1 aromatic carbocycles. The summed E-state index contributed by atoms with van der Waals surface area (Å²) in [6.07, 6.45) is 0. The van der Waals surface area contributed by atoms with Crippen LogP contribution in [0.25, 0.3) is 11.2 Å². The highest BCUT2D eigenvalue weighted by molar-refractivity contribution is 9.10. The van der Waals surface area contributed by atoms with Gasteiger partial charge in [-0.15, -0.1) is 0 Å². The summed E-state index contributed by atoms with van der Waals surface area (Å²) in [5.74, 6) is 0.875. The predicted octanol–water partition coefficient (Wildman–Crippen LogP) is 3.13. The van der Waals surface area contributed by atoms with Gasteiger partial charge in [0, 0.05) is 5.56 Å². The first kappa shape index (κ1) is 15.6. The molecule has 0 spiro atoms. The van der Waals surface area contributed by atoms with E-state index in [9.17, 15) is 8.78 Å². The van der Waals surface area contributed by atoms with Gasteiger partial charge in [-0.2, -0.15) is 8.78 Å². The average Bonchev–Trinajstić information content (AvgIpc) is 2.78. The van der Waals surface area contributed by atoms with E-state index < -0.39 is 6.61 Å². The van der Waals surface area contributed by atoms with Gasteiger partial charge < -0.3 is 10.5 Å². The molecule has 6 nitrogen and oxygen atoms in total. The van der Waals surface area contributed by atoms with Gasteiger partial charge in [-0.3, -0.25) is 4.57 Å². The number of nitrogen functional groups attached to an aromatic ring is 1. The minimum atomic E-state index is -2.89. The zero-order valence-corrected chi connectivity index (χ0v) is 13.6. The molecule has 9 heteroatoms. The summed E-state index contributed by atoms with van der Waals surface area (Å²) < 4.78 is 31.8. The minimum absolute atomic E-state index is 0.106. The van der Waals surface area contributed by atoms with Crippen molar-refractivity contribution in [3.63, 3.8) is 0 Å². The second-order valence-electron chi connectivity index (χ2n) is 4.78. The number of aryl methyl sites for hydroxylation is 1. The van der Waals surface area contributed by atoms with Crippen LogP contribution in [0.3, 0.4) is 0 Å². The van der Waals surface area contributed by atoms with Crippen LogP contribution in [0, 0.1) is 6.92 Å². The smallest absolute Gasteiger partial charge is 0.387 e. The number of nitrogens with zero attached hydrogens (tertiary/aromatic N) is 4. The monoisotopic (exact) mass is 383 g/mol.